The molecule has 1 aromatic carbocycles. The van der Waals surface area contributed by atoms with Crippen LogP contribution in [0.3, 0.4) is 0 Å². The van der Waals surface area contributed by atoms with Gasteiger partial charge in [0.25, 0.3) is 0 Å². The number of benzene rings is 1. The van der Waals surface area contributed by atoms with E-state index in [4.69, 9.17) is 9.84 Å². The van der Waals surface area contributed by atoms with Crippen molar-refractivity contribution in [3.63, 3.8) is 0 Å². The molecule has 0 spiro atoms. The molecule has 0 bridgehead atoms. The van der Waals surface area contributed by atoms with E-state index >= 15 is 0 Å². The van der Waals surface area contributed by atoms with Crippen molar-refractivity contribution < 1.29 is 9.84 Å². The van der Waals surface area contributed by atoms with Gasteiger partial charge < -0.3 is 9.84 Å². The zero-order valence-electron chi connectivity index (χ0n) is 10.7. The van der Waals surface area contributed by atoms with E-state index in [2.05, 4.69) is 35.7 Å². The number of aliphatic hydroxyl groups excluding tert-OH is 1. The number of hydrogen-bond acceptors (Lipinski definition) is 3. The molecule has 1 N–H and O–H groups in total. The Kier molecular flexibility index (Phi) is 4.93. The molecule has 1 aliphatic rings. The molecule has 1 unspecified atom stereocenters. The highest BCUT2D eigenvalue weighted by molar-refractivity contribution is 5.31. The molecule has 0 aromatic heterocycles. The van der Waals surface area contributed by atoms with E-state index in [0.29, 0.717) is 6.54 Å². The summed E-state index contributed by atoms with van der Waals surface area (Å²) < 4.78 is 5.87. The van der Waals surface area contributed by atoms with Crippen LogP contribution in [0.5, 0.6) is 0 Å². The third-order valence-electron chi connectivity index (χ3n) is 3.32. The molecule has 0 radical (unpaired) electrons. The van der Waals surface area contributed by atoms with Crippen LogP contribution in [0.4, 0.5) is 0 Å². The van der Waals surface area contributed by atoms with Crippen LogP contribution >= 0.6 is 0 Å². The number of aliphatic hydroxyl groups is 1. The maximum absolute atomic E-state index is 9.07. The highest BCUT2D eigenvalue weighted by atomic mass is 16.5. The van der Waals surface area contributed by atoms with E-state index in [1.165, 1.54) is 11.1 Å². The molecule has 3 nitrogen and oxygen atoms in total. The fourth-order valence-electron chi connectivity index (χ4n) is 2.44. The van der Waals surface area contributed by atoms with E-state index in [-0.39, 0.29) is 12.7 Å². The molecule has 1 aliphatic heterocycles. The van der Waals surface area contributed by atoms with Crippen molar-refractivity contribution in [1.29, 1.82) is 0 Å². The fourth-order valence-corrected chi connectivity index (χ4v) is 2.44. The maximum atomic E-state index is 9.07. The number of ether oxygens (including phenoxy) is 1. The summed E-state index contributed by atoms with van der Waals surface area (Å²) in [6.45, 7) is 6.96. The second-order valence-electron chi connectivity index (χ2n) is 4.58. The van der Waals surface area contributed by atoms with Crippen LogP contribution in [-0.2, 0) is 11.2 Å². The second-order valence-corrected chi connectivity index (χ2v) is 4.58. The lowest BCUT2D eigenvalue weighted by Gasteiger charge is -2.30. The van der Waals surface area contributed by atoms with Crippen LogP contribution in [0.15, 0.2) is 36.9 Å². The van der Waals surface area contributed by atoms with Gasteiger partial charge in [0.1, 0.15) is 0 Å². The molecule has 0 saturated heterocycles. The zero-order valence-corrected chi connectivity index (χ0v) is 10.7. The van der Waals surface area contributed by atoms with E-state index in [1.807, 2.05) is 6.08 Å². The number of fused-ring (bicyclic) bond motifs is 1. The summed E-state index contributed by atoms with van der Waals surface area (Å²) in [5.41, 5.74) is 2.67. The first-order chi connectivity index (χ1) is 8.85. The lowest BCUT2D eigenvalue weighted by Crippen LogP contribution is -2.34. The molecule has 1 aromatic rings. The third-order valence-corrected chi connectivity index (χ3v) is 3.32. The first-order valence-corrected chi connectivity index (χ1v) is 6.48. The Morgan fingerprint density at radius 2 is 2.28 bits per heavy atom. The van der Waals surface area contributed by atoms with Crippen molar-refractivity contribution in [3.05, 3.63) is 48.0 Å². The quantitative estimate of drug-likeness (QED) is 0.778. The molecule has 1 atom stereocenters. The summed E-state index contributed by atoms with van der Waals surface area (Å²) in [5.74, 6) is 0. The topological polar surface area (TPSA) is 32.7 Å². The average molecular weight is 247 g/mol. The summed E-state index contributed by atoms with van der Waals surface area (Å²) in [6, 6.07) is 8.46. The Morgan fingerprint density at radius 1 is 1.44 bits per heavy atom. The van der Waals surface area contributed by atoms with Crippen molar-refractivity contribution >= 4 is 0 Å². The monoisotopic (exact) mass is 247 g/mol. The highest BCUT2D eigenvalue weighted by Crippen LogP contribution is 2.27. The molecule has 0 saturated carbocycles. The van der Waals surface area contributed by atoms with Crippen LogP contribution in [-0.4, -0.2) is 42.9 Å². The van der Waals surface area contributed by atoms with Gasteiger partial charge in [-0.15, -0.1) is 6.58 Å². The van der Waals surface area contributed by atoms with Gasteiger partial charge in [-0.3, -0.25) is 4.90 Å². The summed E-state index contributed by atoms with van der Waals surface area (Å²) in [6.07, 6.45) is 2.97. The van der Waals surface area contributed by atoms with Gasteiger partial charge in [-0.25, -0.2) is 0 Å². The first kappa shape index (κ1) is 13.3. The standard InChI is InChI=1S/C15H21NO2/c1-2-8-16(9-10-17)12-15-14-6-4-3-5-13(14)7-11-18-15/h2-6,15,17H,1,7-12H2. The van der Waals surface area contributed by atoms with Gasteiger partial charge in [-0.1, -0.05) is 30.3 Å². The summed E-state index contributed by atoms with van der Waals surface area (Å²) in [4.78, 5) is 2.17. The molecular weight excluding hydrogens is 226 g/mol. The third kappa shape index (κ3) is 3.19. The lowest BCUT2D eigenvalue weighted by atomic mass is 9.97. The van der Waals surface area contributed by atoms with Crippen LogP contribution < -0.4 is 0 Å². The molecular formula is C15H21NO2. The van der Waals surface area contributed by atoms with Crippen LogP contribution in [0.2, 0.25) is 0 Å². The number of nitrogens with zero attached hydrogens (tertiary/aromatic N) is 1. The molecule has 1 heterocycles. The SMILES string of the molecule is C=CCN(CCO)CC1OCCc2ccccc21. The minimum absolute atomic E-state index is 0.112. The Balaban J connectivity index is 2.07. The highest BCUT2D eigenvalue weighted by Gasteiger charge is 2.22. The molecule has 0 amide bonds. The normalized spacial score (nSPS) is 18.7. The van der Waals surface area contributed by atoms with E-state index in [9.17, 15) is 0 Å². The minimum atomic E-state index is 0.112. The molecule has 0 aliphatic carbocycles. The predicted octanol–water partition coefficient (Wildman–Crippen LogP) is 1.78. The van der Waals surface area contributed by atoms with Crippen molar-refractivity contribution in [3.8, 4) is 0 Å². The molecule has 0 fully saturated rings. The van der Waals surface area contributed by atoms with Gasteiger partial charge in [0.05, 0.1) is 19.3 Å². The zero-order chi connectivity index (χ0) is 12.8. The summed E-state index contributed by atoms with van der Waals surface area (Å²) in [7, 11) is 0. The summed E-state index contributed by atoms with van der Waals surface area (Å²) >= 11 is 0. The average Bonchev–Trinajstić information content (AvgIpc) is 2.40. The Labute approximate surface area is 109 Å². The second kappa shape index (κ2) is 6.69. The minimum Gasteiger partial charge on any atom is -0.395 e. The van der Waals surface area contributed by atoms with Crippen LogP contribution in [0, 0.1) is 0 Å². The van der Waals surface area contributed by atoms with Gasteiger partial charge in [0.15, 0.2) is 0 Å². The molecule has 2 rings (SSSR count). The largest absolute Gasteiger partial charge is 0.395 e. The Bertz CT molecular complexity index is 392. The van der Waals surface area contributed by atoms with E-state index in [0.717, 1.165) is 26.1 Å². The van der Waals surface area contributed by atoms with E-state index < -0.39 is 0 Å². The fraction of sp³-hybridized carbons (Fsp3) is 0.467. The van der Waals surface area contributed by atoms with Crippen molar-refractivity contribution in [2.24, 2.45) is 0 Å². The number of hydrogen-bond donors (Lipinski definition) is 1. The van der Waals surface area contributed by atoms with Crippen molar-refractivity contribution in [1.82, 2.24) is 4.90 Å². The van der Waals surface area contributed by atoms with Crippen molar-refractivity contribution in [2.75, 3.05) is 32.8 Å². The Morgan fingerprint density at radius 3 is 3.06 bits per heavy atom. The van der Waals surface area contributed by atoms with Crippen LogP contribution in [0.1, 0.15) is 17.2 Å². The van der Waals surface area contributed by atoms with Gasteiger partial charge in [-0.05, 0) is 17.5 Å². The Hall–Kier alpha value is -1.16. The first-order valence-electron chi connectivity index (χ1n) is 6.48. The van der Waals surface area contributed by atoms with Gasteiger partial charge >= 0.3 is 0 Å². The van der Waals surface area contributed by atoms with Crippen molar-refractivity contribution in [2.45, 2.75) is 12.5 Å². The van der Waals surface area contributed by atoms with E-state index in [1.54, 1.807) is 0 Å². The molecule has 18 heavy (non-hydrogen) atoms. The molecule has 98 valence electrons. The summed E-state index contributed by atoms with van der Waals surface area (Å²) in [5, 5.41) is 9.07. The van der Waals surface area contributed by atoms with Crippen LogP contribution in [0.25, 0.3) is 0 Å². The molecule has 3 heteroatoms. The van der Waals surface area contributed by atoms with Gasteiger partial charge in [-0.2, -0.15) is 0 Å². The lowest BCUT2D eigenvalue weighted by molar-refractivity contribution is 0.0154. The van der Waals surface area contributed by atoms with Gasteiger partial charge in [0.2, 0.25) is 0 Å². The van der Waals surface area contributed by atoms with Gasteiger partial charge in [0, 0.05) is 19.6 Å². The maximum Gasteiger partial charge on any atom is 0.0954 e. The smallest absolute Gasteiger partial charge is 0.0954 e. The number of rotatable bonds is 6. The predicted molar refractivity (Wildman–Crippen MR) is 72.6 cm³/mol.